The van der Waals surface area contributed by atoms with Gasteiger partial charge in [-0.15, -0.1) is 0 Å². The van der Waals surface area contributed by atoms with Crippen LogP contribution in [0.25, 0.3) is 33.5 Å². The predicted octanol–water partition coefficient (Wildman–Crippen LogP) is 5.26. The fourth-order valence-electron chi connectivity index (χ4n) is 5.51. The van der Waals surface area contributed by atoms with Gasteiger partial charge in [0.05, 0.1) is 24.4 Å². The summed E-state index contributed by atoms with van der Waals surface area (Å²) >= 11 is 0. The molecule has 4 heterocycles. The van der Waals surface area contributed by atoms with Crippen molar-refractivity contribution < 1.29 is 13.2 Å². The van der Waals surface area contributed by atoms with Crippen LogP contribution in [0.15, 0.2) is 60.9 Å². The third kappa shape index (κ3) is 5.37. The van der Waals surface area contributed by atoms with Gasteiger partial charge in [0.1, 0.15) is 29.4 Å². The molecule has 0 radical (unpaired) electrons. The van der Waals surface area contributed by atoms with Crippen molar-refractivity contribution in [3.8, 4) is 28.3 Å². The second-order valence-corrected chi connectivity index (χ2v) is 12.7. The predicted molar refractivity (Wildman–Crippen MR) is 162 cm³/mol. The van der Waals surface area contributed by atoms with E-state index in [2.05, 4.69) is 55.5 Å². The lowest BCUT2D eigenvalue weighted by atomic mass is 9.79. The van der Waals surface area contributed by atoms with Gasteiger partial charge in [0.15, 0.2) is 0 Å². The van der Waals surface area contributed by atoms with Crippen LogP contribution >= 0.6 is 0 Å². The lowest BCUT2D eigenvalue weighted by Gasteiger charge is -2.38. The number of ether oxygens (including phenoxy) is 1. The van der Waals surface area contributed by atoms with E-state index in [9.17, 15) is 8.42 Å². The van der Waals surface area contributed by atoms with E-state index in [-0.39, 0.29) is 5.41 Å². The van der Waals surface area contributed by atoms with Crippen LogP contribution in [0.1, 0.15) is 31.3 Å². The van der Waals surface area contributed by atoms with E-state index in [1.807, 2.05) is 30.3 Å². The number of fused-ring (bicyclic) bond motifs is 1. The minimum absolute atomic E-state index is 0.0877. The van der Waals surface area contributed by atoms with Gasteiger partial charge < -0.3 is 19.6 Å². The van der Waals surface area contributed by atoms with Gasteiger partial charge in [0, 0.05) is 41.1 Å². The lowest BCUT2D eigenvalue weighted by molar-refractivity contribution is 0.345. The van der Waals surface area contributed by atoms with Crippen LogP contribution in [0.2, 0.25) is 0 Å². The monoisotopic (exact) mass is 571 g/mol. The fraction of sp³-hybridized carbons (Fsp3) is 0.300. The highest BCUT2D eigenvalue weighted by molar-refractivity contribution is 7.92. The highest BCUT2D eigenvalue weighted by Gasteiger charge is 2.36. The Bertz CT molecular complexity index is 1820. The topological polar surface area (TPSA) is 129 Å². The van der Waals surface area contributed by atoms with Gasteiger partial charge in [-0.2, -0.15) is 0 Å². The van der Waals surface area contributed by atoms with Crippen molar-refractivity contribution >= 4 is 32.6 Å². The number of benzene rings is 2. The number of rotatable bonds is 7. The first kappa shape index (κ1) is 26.8. The zero-order valence-corrected chi connectivity index (χ0v) is 24.3. The number of hydrogen-bond donors (Lipinski definition) is 3. The average Bonchev–Trinajstić information content (AvgIpc) is 3.57. The number of methoxy groups -OCH3 is 1. The maximum atomic E-state index is 11.5. The number of hydrogen-bond acceptors (Lipinski definition) is 7. The number of H-pyrrole nitrogens is 2. The summed E-state index contributed by atoms with van der Waals surface area (Å²) < 4.78 is 31.0. The molecule has 1 aliphatic heterocycles. The minimum atomic E-state index is -3.33. The number of imidazole rings is 1. The number of nitrogens with one attached hydrogen (secondary N) is 3. The maximum Gasteiger partial charge on any atom is 0.229 e. The summed E-state index contributed by atoms with van der Waals surface area (Å²) in [7, 11) is -1.65. The Hall–Kier alpha value is -4.38. The summed E-state index contributed by atoms with van der Waals surface area (Å²) in [5.74, 6) is 2.73. The number of nitrogens with zero attached hydrogens (tertiary/aromatic N) is 4. The summed E-state index contributed by atoms with van der Waals surface area (Å²) in [6.45, 7) is 6.03. The van der Waals surface area contributed by atoms with Gasteiger partial charge >= 0.3 is 0 Å². The standard InChI is InChI=1S/C30H33N7O3S/c1-19-26(21-6-5-7-23(16-21)40-3)35-29(33-19)30(2)12-14-37(15-13-30)28-24-17-25(34-27(24)31-18-32-28)20-8-10-22(11-9-20)36-41(4,38)39/h5-11,16-18,36H,12-15H2,1-4H3,(H,33,35)(H,31,32,34). The summed E-state index contributed by atoms with van der Waals surface area (Å²) in [5, 5.41) is 0.957. The SMILES string of the molecule is COc1cccc(-c2nc(C3(C)CCN(c4ncnc5[nH]c(-c6ccc(NS(C)(=O)=O)cc6)cc45)CC3)[nH]c2C)c1. The van der Waals surface area contributed by atoms with Crippen LogP contribution in [0.5, 0.6) is 5.75 Å². The fourth-order valence-corrected chi connectivity index (χ4v) is 6.08. The normalized spacial score (nSPS) is 15.3. The highest BCUT2D eigenvalue weighted by atomic mass is 32.2. The first-order chi connectivity index (χ1) is 19.6. The Kier molecular flexibility index (Phi) is 6.69. The number of piperidine rings is 1. The smallest absolute Gasteiger partial charge is 0.229 e. The Morgan fingerprint density at radius 1 is 1.00 bits per heavy atom. The van der Waals surface area contributed by atoms with E-state index >= 15 is 0 Å². The molecule has 6 rings (SSSR count). The summed E-state index contributed by atoms with van der Waals surface area (Å²) in [6, 6.07) is 17.3. The van der Waals surface area contributed by atoms with E-state index in [1.165, 1.54) is 0 Å². The Morgan fingerprint density at radius 3 is 2.46 bits per heavy atom. The van der Waals surface area contributed by atoms with Gasteiger partial charge in [-0.05, 0) is 55.7 Å². The molecule has 1 aliphatic rings. The van der Waals surface area contributed by atoms with Gasteiger partial charge in [-0.1, -0.05) is 31.2 Å². The largest absolute Gasteiger partial charge is 0.497 e. The number of anilines is 2. The Labute approximate surface area is 239 Å². The maximum absolute atomic E-state index is 11.5. The highest BCUT2D eigenvalue weighted by Crippen LogP contribution is 2.38. The van der Waals surface area contributed by atoms with Crippen molar-refractivity contribution in [1.82, 2.24) is 24.9 Å². The molecule has 0 aliphatic carbocycles. The molecule has 10 nitrogen and oxygen atoms in total. The molecular formula is C30H33N7O3S. The minimum Gasteiger partial charge on any atom is -0.497 e. The summed E-state index contributed by atoms with van der Waals surface area (Å²) in [4.78, 5) is 23.5. The molecule has 41 heavy (non-hydrogen) atoms. The first-order valence-corrected chi connectivity index (χ1v) is 15.4. The molecule has 11 heteroatoms. The summed E-state index contributed by atoms with van der Waals surface area (Å²) in [6.07, 6.45) is 4.59. The number of sulfonamides is 1. The van der Waals surface area contributed by atoms with Crippen LogP contribution in [0.3, 0.4) is 0 Å². The quantitative estimate of drug-likeness (QED) is 0.243. The van der Waals surface area contributed by atoms with E-state index in [0.29, 0.717) is 5.69 Å². The molecule has 0 spiro atoms. The Morgan fingerprint density at radius 2 is 1.76 bits per heavy atom. The second-order valence-electron chi connectivity index (χ2n) is 10.9. The van der Waals surface area contributed by atoms with Crippen LogP contribution in [-0.4, -0.2) is 59.8 Å². The molecule has 2 aromatic carbocycles. The second kappa shape index (κ2) is 10.2. The van der Waals surface area contributed by atoms with Crippen molar-refractivity contribution in [2.75, 3.05) is 36.1 Å². The van der Waals surface area contributed by atoms with Gasteiger partial charge in [0.2, 0.25) is 10.0 Å². The third-order valence-corrected chi connectivity index (χ3v) is 8.48. The molecule has 0 amide bonds. The molecule has 0 atom stereocenters. The van der Waals surface area contributed by atoms with E-state index in [1.54, 1.807) is 25.6 Å². The van der Waals surface area contributed by atoms with Crippen LogP contribution < -0.4 is 14.4 Å². The number of aromatic amines is 2. The molecule has 0 unspecified atom stereocenters. The van der Waals surface area contributed by atoms with Gasteiger partial charge in [0.25, 0.3) is 0 Å². The first-order valence-electron chi connectivity index (χ1n) is 13.5. The molecule has 3 aromatic heterocycles. The molecule has 5 aromatic rings. The van der Waals surface area contributed by atoms with E-state index < -0.39 is 10.0 Å². The molecule has 212 valence electrons. The van der Waals surface area contributed by atoms with Crippen molar-refractivity contribution in [2.24, 2.45) is 0 Å². The van der Waals surface area contributed by atoms with Crippen molar-refractivity contribution in [3.05, 3.63) is 72.4 Å². The third-order valence-electron chi connectivity index (χ3n) is 7.87. The summed E-state index contributed by atoms with van der Waals surface area (Å²) in [5.41, 5.74) is 6.07. The van der Waals surface area contributed by atoms with Gasteiger partial charge in [-0.25, -0.2) is 23.4 Å². The van der Waals surface area contributed by atoms with E-state index in [4.69, 9.17) is 9.72 Å². The number of aromatic nitrogens is 5. The van der Waals surface area contributed by atoms with Gasteiger partial charge in [-0.3, -0.25) is 4.72 Å². The zero-order chi connectivity index (χ0) is 28.8. The van der Waals surface area contributed by atoms with Crippen molar-refractivity contribution in [3.63, 3.8) is 0 Å². The van der Waals surface area contributed by atoms with Crippen molar-refractivity contribution in [1.29, 1.82) is 0 Å². The van der Waals surface area contributed by atoms with Crippen LogP contribution in [0, 0.1) is 6.92 Å². The lowest BCUT2D eigenvalue weighted by Crippen LogP contribution is -2.42. The molecule has 0 saturated carbocycles. The molecule has 0 bridgehead atoms. The van der Waals surface area contributed by atoms with Crippen LogP contribution in [0.4, 0.5) is 11.5 Å². The molecule has 3 N–H and O–H groups in total. The average molecular weight is 572 g/mol. The zero-order valence-electron chi connectivity index (χ0n) is 23.5. The Balaban J connectivity index is 1.21. The molecule has 1 saturated heterocycles. The van der Waals surface area contributed by atoms with Crippen LogP contribution in [-0.2, 0) is 15.4 Å². The van der Waals surface area contributed by atoms with Crippen molar-refractivity contribution in [2.45, 2.75) is 32.1 Å². The van der Waals surface area contributed by atoms with E-state index in [0.717, 1.165) is 88.8 Å². The number of aryl methyl sites for hydroxylation is 1. The molecular weight excluding hydrogens is 538 g/mol. The molecule has 1 fully saturated rings.